The zero-order valence-corrected chi connectivity index (χ0v) is 13.0. The third-order valence-electron chi connectivity index (χ3n) is 4.58. The van der Waals surface area contributed by atoms with Crippen molar-refractivity contribution in [1.29, 1.82) is 0 Å². The summed E-state index contributed by atoms with van der Waals surface area (Å²) in [4.78, 5) is 16.8. The molecule has 2 fully saturated rings. The van der Waals surface area contributed by atoms with Crippen molar-refractivity contribution >= 4 is 5.91 Å². The fourth-order valence-electron chi connectivity index (χ4n) is 3.23. The molecule has 0 bridgehead atoms. The largest absolute Gasteiger partial charge is 0.364 e. The SMILES string of the molecule is NC[C@H]1CC[C@@H](C(=O)N2CCN(Cc3ccccc3)CC2)O1. The summed E-state index contributed by atoms with van der Waals surface area (Å²) in [5.41, 5.74) is 6.94. The standard InChI is InChI=1S/C17H25N3O2/c18-12-15-6-7-16(22-15)17(21)20-10-8-19(9-11-20)13-14-4-2-1-3-5-14/h1-5,15-16H,6-13,18H2/t15-,16+/m1/s1. The van der Waals surface area contributed by atoms with Crippen LogP contribution in [0.25, 0.3) is 0 Å². The second-order valence-corrected chi connectivity index (χ2v) is 6.15. The maximum Gasteiger partial charge on any atom is 0.251 e. The predicted octanol–water partition coefficient (Wildman–Crippen LogP) is 0.837. The molecule has 5 nitrogen and oxygen atoms in total. The minimum atomic E-state index is -0.269. The lowest BCUT2D eigenvalue weighted by molar-refractivity contribution is -0.144. The molecule has 2 saturated heterocycles. The first-order chi connectivity index (χ1) is 10.8. The Labute approximate surface area is 132 Å². The highest BCUT2D eigenvalue weighted by Gasteiger charge is 2.33. The number of rotatable bonds is 4. The maximum atomic E-state index is 12.5. The van der Waals surface area contributed by atoms with Crippen LogP contribution in [0.5, 0.6) is 0 Å². The third-order valence-corrected chi connectivity index (χ3v) is 4.58. The van der Waals surface area contributed by atoms with Gasteiger partial charge in [0.25, 0.3) is 5.91 Å². The molecule has 1 aromatic rings. The molecule has 0 saturated carbocycles. The summed E-state index contributed by atoms with van der Waals surface area (Å²) in [7, 11) is 0. The highest BCUT2D eigenvalue weighted by atomic mass is 16.5. The van der Waals surface area contributed by atoms with Gasteiger partial charge in [0.1, 0.15) is 6.10 Å². The summed E-state index contributed by atoms with van der Waals surface area (Å²) in [6.07, 6.45) is 1.51. The first kappa shape index (κ1) is 15.5. The molecule has 2 atom stereocenters. The fraction of sp³-hybridized carbons (Fsp3) is 0.588. The van der Waals surface area contributed by atoms with Crippen LogP contribution in [0, 0.1) is 0 Å². The van der Waals surface area contributed by atoms with E-state index in [4.69, 9.17) is 10.5 Å². The van der Waals surface area contributed by atoms with Crippen molar-refractivity contribution in [3.8, 4) is 0 Å². The number of carbonyl (C=O) groups excluding carboxylic acids is 1. The molecule has 2 aliphatic heterocycles. The molecular weight excluding hydrogens is 278 g/mol. The van der Waals surface area contributed by atoms with Crippen LogP contribution in [-0.4, -0.2) is 60.6 Å². The Bertz CT molecular complexity index is 486. The number of hydrogen-bond acceptors (Lipinski definition) is 4. The van der Waals surface area contributed by atoms with Crippen molar-refractivity contribution in [2.24, 2.45) is 5.73 Å². The molecule has 2 N–H and O–H groups in total. The average Bonchev–Trinajstić information content (AvgIpc) is 3.05. The van der Waals surface area contributed by atoms with Crippen LogP contribution < -0.4 is 5.73 Å². The summed E-state index contributed by atoms with van der Waals surface area (Å²) in [6, 6.07) is 10.5. The molecule has 0 spiro atoms. The Morgan fingerprint density at radius 3 is 2.50 bits per heavy atom. The fourth-order valence-corrected chi connectivity index (χ4v) is 3.23. The van der Waals surface area contributed by atoms with Gasteiger partial charge >= 0.3 is 0 Å². The van der Waals surface area contributed by atoms with Crippen molar-refractivity contribution in [3.05, 3.63) is 35.9 Å². The smallest absolute Gasteiger partial charge is 0.251 e. The van der Waals surface area contributed by atoms with Crippen LogP contribution in [0.15, 0.2) is 30.3 Å². The molecule has 1 amide bonds. The Morgan fingerprint density at radius 1 is 1.14 bits per heavy atom. The minimum Gasteiger partial charge on any atom is -0.364 e. The second-order valence-electron chi connectivity index (χ2n) is 6.15. The van der Waals surface area contributed by atoms with E-state index in [2.05, 4.69) is 29.2 Å². The molecule has 3 rings (SSSR count). The molecule has 120 valence electrons. The van der Waals surface area contributed by atoms with Gasteiger partial charge in [0.05, 0.1) is 6.10 Å². The van der Waals surface area contributed by atoms with E-state index in [1.807, 2.05) is 11.0 Å². The number of piperazine rings is 1. The summed E-state index contributed by atoms with van der Waals surface area (Å²) in [5.74, 6) is 0.148. The third kappa shape index (κ3) is 3.66. The Balaban J connectivity index is 1.46. The molecule has 0 radical (unpaired) electrons. The molecule has 5 heteroatoms. The van der Waals surface area contributed by atoms with Crippen LogP contribution >= 0.6 is 0 Å². The van der Waals surface area contributed by atoms with E-state index in [1.54, 1.807) is 0 Å². The zero-order valence-electron chi connectivity index (χ0n) is 13.0. The van der Waals surface area contributed by atoms with E-state index < -0.39 is 0 Å². The summed E-state index contributed by atoms with van der Waals surface area (Å²) in [6.45, 7) is 4.89. The Morgan fingerprint density at radius 2 is 1.86 bits per heavy atom. The predicted molar refractivity (Wildman–Crippen MR) is 85.2 cm³/mol. The van der Waals surface area contributed by atoms with Crippen LogP contribution in [0.3, 0.4) is 0 Å². The number of carbonyl (C=O) groups is 1. The number of ether oxygens (including phenoxy) is 1. The van der Waals surface area contributed by atoms with Crippen LogP contribution in [0.2, 0.25) is 0 Å². The van der Waals surface area contributed by atoms with E-state index in [1.165, 1.54) is 5.56 Å². The van der Waals surface area contributed by atoms with Gasteiger partial charge in [-0.15, -0.1) is 0 Å². The first-order valence-electron chi connectivity index (χ1n) is 8.17. The van der Waals surface area contributed by atoms with Crippen LogP contribution in [-0.2, 0) is 16.1 Å². The van der Waals surface area contributed by atoms with Gasteiger partial charge in [0.15, 0.2) is 0 Å². The van der Waals surface area contributed by atoms with Crippen LogP contribution in [0.4, 0.5) is 0 Å². The van der Waals surface area contributed by atoms with E-state index >= 15 is 0 Å². The quantitative estimate of drug-likeness (QED) is 0.895. The van der Waals surface area contributed by atoms with Crippen molar-refractivity contribution in [1.82, 2.24) is 9.80 Å². The Hall–Kier alpha value is -1.43. The van der Waals surface area contributed by atoms with E-state index in [9.17, 15) is 4.79 Å². The lowest BCUT2D eigenvalue weighted by Gasteiger charge is -2.35. The summed E-state index contributed by atoms with van der Waals surface area (Å²) >= 11 is 0. The van der Waals surface area contributed by atoms with Crippen LogP contribution in [0.1, 0.15) is 18.4 Å². The van der Waals surface area contributed by atoms with E-state index in [0.717, 1.165) is 45.6 Å². The number of benzene rings is 1. The molecule has 22 heavy (non-hydrogen) atoms. The lowest BCUT2D eigenvalue weighted by atomic mass is 10.1. The first-order valence-corrected chi connectivity index (χ1v) is 8.17. The van der Waals surface area contributed by atoms with Gasteiger partial charge in [-0.05, 0) is 18.4 Å². The van der Waals surface area contributed by atoms with Gasteiger partial charge in [-0.1, -0.05) is 30.3 Å². The zero-order chi connectivity index (χ0) is 15.4. The summed E-state index contributed by atoms with van der Waals surface area (Å²) in [5, 5.41) is 0. The second kappa shape index (κ2) is 7.22. The van der Waals surface area contributed by atoms with Gasteiger partial charge in [-0.3, -0.25) is 9.69 Å². The number of nitrogens with zero attached hydrogens (tertiary/aromatic N) is 2. The molecule has 2 aliphatic rings. The van der Waals surface area contributed by atoms with Crippen molar-refractivity contribution in [2.45, 2.75) is 31.6 Å². The van der Waals surface area contributed by atoms with Gasteiger partial charge in [-0.25, -0.2) is 0 Å². The molecule has 0 aliphatic carbocycles. The van der Waals surface area contributed by atoms with Gasteiger partial charge in [0.2, 0.25) is 0 Å². The summed E-state index contributed by atoms with van der Waals surface area (Å²) < 4.78 is 5.72. The number of nitrogens with two attached hydrogens (primary N) is 1. The highest BCUT2D eigenvalue weighted by molar-refractivity contribution is 5.81. The number of amides is 1. The van der Waals surface area contributed by atoms with Crippen molar-refractivity contribution < 1.29 is 9.53 Å². The molecule has 1 aromatic carbocycles. The maximum absolute atomic E-state index is 12.5. The number of hydrogen-bond donors (Lipinski definition) is 1. The molecule has 2 heterocycles. The molecular formula is C17H25N3O2. The monoisotopic (exact) mass is 303 g/mol. The topological polar surface area (TPSA) is 58.8 Å². The van der Waals surface area contributed by atoms with Gasteiger partial charge < -0.3 is 15.4 Å². The molecule has 0 aromatic heterocycles. The van der Waals surface area contributed by atoms with Gasteiger partial charge in [-0.2, -0.15) is 0 Å². The average molecular weight is 303 g/mol. The van der Waals surface area contributed by atoms with Gasteiger partial charge in [0, 0.05) is 39.3 Å². The molecule has 0 unspecified atom stereocenters. The lowest BCUT2D eigenvalue weighted by Crippen LogP contribution is -2.51. The highest BCUT2D eigenvalue weighted by Crippen LogP contribution is 2.21. The van der Waals surface area contributed by atoms with Crippen molar-refractivity contribution in [3.63, 3.8) is 0 Å². The normalized spacial score (nSPS) is 26.3. The minimum absolute atomic E-state index is 0.0633. The Kier molecular flexibility index (Phi) is 5.08. The van der Waals surface area contributed by atoms with E-state index in [0.29, 0.717) is 6.54 Å². The van der Waals surface area contributed by atoms with Crippen molar-refractivity contribution in [2.75, 3.05) is 32.7 Å². The van der Waals surface area contributed by atoms with E-state index in [-0.39, 0.29) is 18.1 Å².